The third-order valence-corrected chi connectivity index (χ3v) is 7.33. The van der Waals surface area contributed by atoms with Crippen LogP contribution in [0.2, 0.25) is 0 Å². The summed E-state index contributed by atoms with van der Waals surface area (Å²) in [7, 11) is 1.56. The van der Waals surface area contributed by atoms with Gasteiger partial charge < -0.3 is 21.9 Å². The van der Waals surface area contributed by atoms with Crippen LogP contribution < -0.4 is 31.2 Å². The number of nitrogens with one attached hydrogen (secondary N) is 1. The molecule has 0 amide bonds. The zero-order valence-electron chi connectivity index (χ0n) is 17.6. The molecule has 0 unspecified atom stereocenters. The number of aromatic nitrogens is 1. The van der Waals surface area contributed by atoms with E-state index < -0.39 is 21.8 Å². The molecule has 1 heterocycles. The van der Waals surface area contributed by atoms with Crippen LogP contribution in [-0.2, 0) is 23.2 Å². The molecule has 0 aliphatic heterocycles. The summed E-state index contributed by atoms with van der Waals surface area (Å²) in [5.41, 5.74) is 0.188. The van der Waals surface area contributed by atoms with E-state index in [-0.39, 0.29) is 28.4 Å². The van der Waals surface area contributed by atoms with E-state index in [9.17, 15) is 21.6 Å². The number of anilines is 1. The van der Waals surface area contributed by atoms with Gasteiger partial charge in [0.05, 0.1) is 4.90 Å². The van der Waals surface area contributed by atoms with Crippen LogP contribution in [0, 0.1) is 0 Å². The van der Waals surface area contributed by atoms with Crippen LogP contribution in [-0.4, -0.2) is 34.8 Å². The van der Waals surface area contributed by atoms with E-state index in [1.54, 1.807) is 18.2 Å². The van der Waals surface area contributed by atoms with Crippen LogP contribution in [0.4, 0.5) is 18.9 Å². The Morgan fingerprint density at radius 1 is 1.03 bits per heavy atom. The predicted molar refractivity (Wildman–Crippen MR) is 117 cm³/mol. The minimum atomic E-state index is -4.40. The Balaban J connectivity index is 0.00000363. The number of benzene rings is 2. The van der Waals surface area contributed by atoms with Gasteiger partial charge in [-0.2, -0.15) is 17.7 Å². The number of sulfonamides is 1. The molecule has 1 N–H and O–H groups in total. The van der Waals surface area contributed by atoms with Gasteiger partial charge in [-0.25, -0.2) is 13.1 Å². The summed E-state index contributed by atoms with van der Waals surface area (Å²) < 4.78 is 68.1. The fraction of sp³-hybridized carbons (Fsp3) is 0.286. The lowest BCUT2D eigenvalue weighted by Gasteiger charge is -2.17. The second kappa shape index (κ2) is 10.4. The van der Waals surface area contributed by atoms with Crippen LogP contribution in [0.5, 0.6) is 0 Å². The molecular formula is C21H23BrF3N3O2S2. The lowest BCUT2D eigenvalue weighted by molar-refractivity contribution is -0.709. The summed E-state index contributed by atoms with van der Waals surface area (Å²) in [6.45, 7) is 0.137. The lowest BCUT2D eigenvalue weighted by Crippen LogP contribution is -3.00. The number of pyridine rings is 1. The van der Waals surface area contributed by atoms with Crippen molar-refractivity contribution in [3.8, 4) is 0 Å². The van der Waals surface area contributed by atoms with Crippen molar-refractivity contribution in [2.75, 3.05) is 31.3 Å². The number of hydrogen-bond acceptors (Lipinski definition) is 4. The molecule has 0 bridgehead atoms. The topological polar surface area (TPSA) is 53.3 Å². The van der Waals surface area contributed by atoms with Gasteiger partial charge in [-0.1, -0.05) is 36.0 Å². The molecule has 0 atom stereocenters. The number of aryl methyl sites for hydroxylation is 1. The third kappa shape index (κ3) is 5.94. The summed E-state index contributed by atoms with van der Waals surface area (Å²) in [6.07, 6.45) is -3.38. The zero-order valence-corrected chi connectivity index (χ0v) is 20.9. The van der Waals surface area contributed by atoms with Crippen LogP contribution in [0.1, 0.15) is 5.56 Å². The smallest absolute Gasteiger partial charge is 0.422 e. The van der Waals surface area contributed by atoms with E-state index in [0.717, 1.165) is 23.3 Å². The molecule has 0 saturated heterocycles. The van der Waals surface area contributed by atoms with Gasteiger partial charge in [-0.3, -0.25) is 0 Å². The van der Waals surface area contributed by atoms with E-state index in [2.05, 4.69) is 4.72 Å². The van der Waals surface area contributed by atoms with Crippen molar-refractivity contribution >= 4 is 38.2 Å². The van der Waals surface area contributed by atoms with Crippen molar-refractivity contribution in [3.63, 3.8) is 0 Å². The van der Waals surface area contributed by atoms with Crippen molar-refractivity contribution in [1.29, 1.82) is 0 Å². The standard InChI is InChI=1S/C21H23F3N3O2S2.BrH/c1-26(2)18-8-4-7-17-16(18)6-5-9-19(17)31(28,29)25-12-13-30-20-11-10-15(14-27(20)3)21(22,23)24;/h4-11,14,25H,12-13H2,1-3H3;1H/q+1;/p-1. The Kier molecular flexibility index (Phi) is 8.60. The van der Waals surface area contributed by atoms with Gasteiger partial charge in [0.1, 0.15) is 12.6 Å². The summed E-state index contributed by atoms with van der Waals surface area (Å²) in [5, 5.41) is 2.07. The minimum absolute atomic E-state index is 0. The maximum absolute atomic E-state index is 12.9. The zero-order chi connectivity index (χ0) is 22.8. The van der Waals surface area contributed by atoms with Crippen molar-refractivity contribution in [2.24, 2.45) is 7.05 Å². The summed E-state index contributed by atoms with van der Waals surface area (Å²) in [6, 6.07) is 13.1. The molecule has 174 valence electrons. The van der Waals surface area contributed by atoms with E-state index in [1.807, 2.05) is 37.2 Å². The molecule has 0 aliphatic carbocycles. The van der Waals surface area contributed by atoms with Gasteiger partial charge in [-0.05, 0) is 18.2 Å². The Morgan fingerprint density at radius 2 is 1.69 bits per heavy atom. The van der Waals surface area contributed by atoms with Gasteiger partial charge in [0.25, 0.3) is 0 Å². The number of halogens is 4. The molecule has 1 aromatic heterocycles. The highest BCUT2D eigenvalue weighted by atomic mass is 79.9. The normalized spacial score (nSPS) is 11.9. The molecule has 0 saturated carbocycles. The van der Waals surface area contributed by atoms with Crippen molar-refractivity contribution in [3.05, 3.63) is 60.3 Å². The average molecular weight is 550 g/mol. The first-order chi connectivity index (χ1) is 14.5. The van der Waals surface area contributed by atoms with Gasteiger partial charge in [-0.15, -0.1) is 0 Å². The van der Waals surface area contributed by atoms with Gasteiger partial charge in [0, 0.05) is 48.9 Å². The molecule has 3 aromatic rings. The van der Waals surface area contributed by atoms with Crippen molar-refractivity contribution in [2.45, 2.75) is 16.1 Å². The van der Waals surface area contributed by atoms with E-state index in [1.165, 1.54) is 29.4 Å². The molecule has 0 fully saturated rings. The molecule has 0 spiro atoms. The molecule has 32 heavy (non-hydrogen) atoms. The van der Waals surface area contributed by atoms with Crippen molar-refractivity contribution < 1.29 is 43.1 Å². The van der Waals surface area contributed by atoms with Crippen LogP contribution in [0.25, 0.3) is 10.8 Å². The van der Waals surface area contributed by atoms with E-state index in [4.69, 9.17) is 0 Å². The SMILES string of the molecule is CN(C)c1cccc2c(S(=O)(=O)NCCSc3ccc(C(F)(F)F)c[n+]3C)cccc12.[Br-]. The van der Waals surface area contributed by atoms with E-state index in [0.29, 0.717) is 16.2 Å². The minimum Gasteiger partial charge on any atom is -1.00 e. The largest absolute Gasteiger partial charge is 1.00 e. The highest BCUT2D eigenvalue weighted by molar-refractivity contribution is 7.99. The van der Waals surface area contributed by atoms with Gasteiger partial charge in [0.2, 0.25) is 15.0 Å². The molecule has 3 rings (SSSR count). The monoisotopic (exact) mass is 549 g/mol. The van der Waals surface area contributed by atoms with Gasteiger partial charge >= 0.3 is 6.18 Å². The first kappa shape index (κ1) is 26.4. The average Bonchev–Trinajstić information content (AvgIpc) is 2.70. The molecule has 2 aromatic carbocycles. The van der Waals surface area contributed by atoms with Crippen molar-refractivity contribution in [1.82, 2.24) is 4.72 Å². The number of nitrogens with zero attached hydrogens (tertiary/aromatic N) is 2. The Morgan fingerprint density at radius 3 is 2.31 bits per heavy atom. The maximum atomic E-state index is 12.9. The molecular weight excluding hydrogens is 527 g/mol. The fourth-order valence-electron chi connectivity index (χ4n) is 3.21. The number of alkyl halides is 3. The summed E-state index contributed by atoms with van der Waals surface area (Å²) in [4.78, 5) is 2.12. The first-order valence-electron chi connectivity index (χ1n) is 9.39. The number of hydrogen-bond donors (Lipinski definition) is 1. The predicted octanol–water partition coefficient (Wildman–Crippen LogP) is 0.824. The van der Waals surface area contributed by atoms with Crippen LogP contribution in [0.3, 0.4) is 0 Å². The fourth-order valence-corrected chi connectivity index (χ4v) is 5.42. The first-order valence-corrected chi connectivity index (χ1v) is 11.9. The highest BCUT2D eigenvalue weighted by Gasteiger charge is 2.33. The summed E-state index contributed by atoms with van der Waals surface area (Å²) in [5.74, 6) is 0.367. The number of rotatable bonds is 7. The van der Waals surface area contributed by atoms with Crippen LogP contribution >= 0.6 is 11.8 Å². The Labute approximate surface area is 200 Å². The second-order valence-corrected chi connectivity index (χ2v) is 9.98. The summed E-state index contributed by atoms with van der Waals surface area (Å²) >= 11 is 1.27. The van der Waals surface area contributed by atoms with Gasteiger partial charge in [0.15, 0.2) is 6.20 Å². The second-order valence-electron chi connectivity index (χ2n) is 7.13. The van der Waals surface area contributed by atoms with Crippen LogP contribution in [0.15, 0.2) is 64.6 Å². The Bertz CT molecular complexity index is 1200. The molecule has 0 aliphatic rings. The van der Waals surface area contributed by atoms with E-state index >= 15 is 0 Å². The number of fused-ring (bicyclic) bond motifs is 1. The molecule has 0 radical (unpaired) electrons. The number of thioether (sulfide) groups is 1. The highest BCUT2D eigenvalue weighted by Crippen LogP contribution is 2.30. The molecule has 11 heteroatoms. The lowest BCUT2D eigenvalue weighted by atomic mass is 10.1. The molecule has 5 nitrogen and oxygen atoms in total. The third-order valence-electron chi connectivity index (χ3n) is 4.69. The Hall–Kier alpha value is -1.82. The quantitative estimate of drug-likeness (QED) is 0.269. The maximum Gasteiger partial charge on any atom is 0.422 e.